The van der Waals surface area contributed by atoms with Crippen LogP contribution in [0.4, 0.5) is 5.13 Å². The molecule has 0 aliphatic heterocycles. The fraction of sp³-hybridized carbons (Fsp3) is 0.111. The molecule has 3 rings (SSSR count). The lowest BCUT2D eigenvalue weighted by Crippen LogP contribution is -1.98. The van der Waals surface area contributed by atoms with Crippen LogP contribution in [0.1, 0.15) is 12.5 Å². The first-order valence-corrected chi connectivity index (χ1v) is 10.1. The van der Waals surface area contributed by atoms with Gasteiger partial charge in [0.05, 0.1) is 23.0 Å². The maximum atomic E-state index is 5.69. The molecular weight excluding hydrogens is 466 g/mol. The molecule has 3 aromatic rings. The van der Waals surface area contributed by atoms with Crippen molar-refractivity contribution in [3.05, 3.63) is 62.4 Å². The number of benzene rings is 2. The van der Waals surface area contributed by atoms with Crippen LogP contribution in [0.3, 0.4) is 0 Å². The minimum absolute atomic E-state index is 0.585. The Morgan fingerprint density at radius 1 is 1.24 bits per heavy atom. The Hall–Kier alpha value is -1.70. The van der Waals surface area contributed by atoms with Gasteiger partial charge in [-0.3, -0.25) is 5.43 Å². The number of rotatable bonds is 6. The van der Waals surface area contributed by atoms with Crippen LogP contribution >= 0.6 is 43.2 Å². The summed E-state index contributed by atoms with van der Waals surface area (Å²) in [5.74, 6) is 0.764. The lowest BCUT2D eigenvalue weighted by molar-refractivity contribution is 0.337. The molecular formula is C18H15Br2N3OS. The van der Waals surface area contributed by atoms with Crippen molar-refractivity contribution in [1.29, 1.82) is 0 Å². The van der Waals surface area contributed by atoms with Gasteiger partial charge in [-0.15, -0.1) is 11.3 Å². The largest absolute Gasteiger partial charge is 0.492 e. The first-order chi connectivity index (χ1) is 12.2. The van der Waals surface area contributed by atoms with Crippen molar-refractivity contribution in [3.63, 3.8) is 0 Å². The highest BCUT2D eigenvalue weighted by molar-refractivity contribution is 9.11. The highest BCUT2D eigenvalue weighted by atomic mass is 79.9. The summed E-state index contributed by atoms with van der Waals surface area (Å²) in [4.78, 5) is 4.55. The second kappa shape index (κ2) is 8.60. The second-order valence-electron chi connectivity index (χ2n) is 5.01. The average molecular weight is 481 g/mol. The summed E-state index contributed by atoms with van der Waals surface area (Å²) in [5.41, 5.74) is 5.88. The first-order valence-electron chi connectivity index (χ1n) is 7.59. The third-order valence-corrected chi connectivity index (χ3v) is 5.06. The molecule has 0 atom stereocenters. The van der Waals surface area contributed by atoms with Crippen LogP contribution in [0.5, 0.6) is 5.75 Å². The molecule has 7 heteroatoms. The smallest absolute Gasteiger partial charge is 0.203 e. The molecule has 0 spiro atoms. The minimum Gasteiger partial charge on any atom is -0.492 e. The van der Waals surface area contributed by atoms with Gasteiger partial charge in [0.15, 0.2) is 0 Å². The van der Waals surface area contributed by atoms with Gasteiger partial charge in [0.1, 0.15) is 5.75 Å². The van der Waals surface area contributed by atoms with Gasteiger partial charge in [-0.25, -0.2) is 4.98 Å². The predicted molar refractivity (Wildman–Crippen MR) is 112 cm³/mol. The van der Waals surface area contributed by atoms with Gasteiger partial charge in [0.25, 0.3) is 0 Å². The molecule has 0 radical (unpaired) electrons. The maximum Gasteiger partial charge on any atom is 0.203 e. The summed E-state index contributed by atoms with van der Waals surface area (Å²) in [7, 11) is 0. The minimum atomic E-state index is 0.585. The highest BCUT2D eigenvalue weighted by Crippen LogP contribution is 2.32. The molecule has 0 fully saturated rings. The second-order valence-corrected chi connectivity index (χ2v) is 7.64. The fourth-order valence-corrected chi connectivity index (χ4v) is 4.24. The lowest BCUT2D eigenvalue weighted by Gasteiger charge is -2.09. The standard InChI is InChI=1S/C18H15Br2N3OS/c1-2-24-17-13(8-14(19)9-15(17)20)10-21-23-18-22-16(11-25-18)12-6-4-3-5-7-12/h3-11H,2H2,1H3,(H,22,23). The molecule has 0 aliphatic rings. The van der Waals surface area contributed by atoms with E-state index in [0.717, 1.165) is 36.6 Å². The topological polar surface area (TPSA) is 46.5 Å². The molecule has 1 aromatic heterocycles. The van der Waals surface area contributed by atoms with E-state index in [4.69, 9.17) is 4.74 Å². The van der Waals surface area contributed by atoms with Gasteiger partial charge in [0.2, 0.25) is 5.13 Å². The first kappa shape index (κ1) is 18.1. The molecule has 2 aromatic carbocycles. The summed E-state index contributed by atoms with van der Waals surface area (Å²) >= 11 is 8.52. The van der Waals surface area contributed by atoms with Crippen molar-refractivity contribution in [2.24, 2.45) is 5.10 Å². The number of nitrogens with one attached hydrogen (secondary N) is 1. The van der Waals surface area contributed by atoms with Gasteiger partial charge in [-0.05, 0) is 35.0 Å². The Balaban J connectivity index is 1.75. The van der Waals surface area contributed by atoms with Crippen molar-refractivity contribution in [2.45, 2.75) is 6.92 Å². The molecule has 0 saturated heterocycles. The molecule has 0 bridgehead atoms. The van der Waals surface area contributed by atoms with Gasteiger partial charge in [-0.1, -0.05) is 46.3 Å². The zero-order chi connectivity index (χ0) is 17.6. The van der Waals surface area contributed by atoms with Crippen LogP contribution in [-0.2, 0) is 0 Å². The molecule has 0 amide bonds. The molecule has 0 aliphatic carbocycles. The predicted octanol–water partition coefficient (Wildman–Crippen LogP) is 6.18. The molecule has 0 unspecified atom stereocenters. The van der Waals surface area contributed by atoms with E-state index < -0.39 is 0 Å². The van der Waals surface area contributed by atoms with Gasteiger partial charge >= 0.3 is 0 Å². The Labute approximate surface area is 167 Å². The van der Waals surface area contributed by atoms with E-state index in [1.807, 2.05) is 54.8 Å². The van der Waals surface area contributed by atoms with E-state index in [1.165, 1.54) is 11.3 Å². The maximum absolute atomic E-state index is 5.69. The number of ether oxygens (including phenoxy) is 1. The van der Waals surface area contributed by atoms with Crippen LogP contribution in [0, 0.1) is 0 Å². The van der Waals surface area contributed by atoms with E-state index in [9.17, 15) is 0 Å². The third-order valence-electron chi connectivity index (χ3n) is 3.26. The van der Waals surface area contributed by atoms with Crippen LogP contribution in [0.15, 0.2) is 61.9 Å². The van der Waals surface area contributed by atoms with E-state index in [2.05, 4.69) is 47.4 Å². The van der Waals surface area contributed by atoms with Gasteiger partial charge in [0, 0.05) is 21.0 Å². The molecule has 25 heavy (non-hydrogen) atoms. The van der Waals surface area contributed by atoms with Crippen molar-refractivity contribution < 1.29 is 4.74 Å². The number of hydrazone groups is 1. The number of hydrogen-bond donors (Lipinski definition) is 1. The molecule has 4 nitrogen and oxygen atoms in total. The molecule has 1 heterocycles. The highest BCUT2D eigenvalue weighted by Gasteiger charge is 2.08. The van der Waals surface area contributed by atoms with Crippen LogP contribution < -0.4 is 10.2 Å². The van der Waals surface area contributed by atoms with Crippen LogP contribution in [0.25, 0.3) is 11.3 Å². The SMILES string of the molecule is CCOc1c(Br)cc(Br)cc1C=NNc1nc(-c2ccccc2)cs1. The number of thiazole rings is 1. The lowest BCUT2D eigenvalue weighted by atomic mass is 10.2. The van der Waals surface area contributed by atoms with Gasteiger partial charge in [-0.2, -0.15) is 5.10 Å². The van der Waals surface area contributed by atoms with E-state index in [0.29, 0.717) is 6.61 Å². The van der Waals surface area contributed by atoms with Gasteiger partial charge < -0.3 is 4.74 Å². The summed E-state index contributed by atoms with van der Waals surface area (Å²) in [6, 6.07) is 14.0. The number of hydrogen-bond acceptors (Lipinski definition) is 5. The summed E-state index contributed by atoms with van der Waals surface area (Å²) in [6.07, 6.45) is 1.73. The van der Waals surface area contributed by atoms with E-state index in [1.54, 1.807) is 6.21 Å². The summed E-state index contributed by atoms with van der Waals surface area (Å²) in [6.45, 7) is 2.54. The number of aromatic nitrogens is 1. The van der Waals surface area contributed by atoms with Crippen LogP contribution in [-0.4, -0.2) is 17.8 Å². The van der Waals surface area contributed by atoms with Crippen LogP contribution in [0.2, 0.25) is 0 Å². The van der Waals surface area contributed by atoms with E-state index >= 15 is 0 Å². The average Bonchev–Trinajstić information content (AvgIpc) is 3.07. The fourth-order valence-electron chi connectivity index (χ4n) is 2.20. The Morgan fingerprint density at radius 3 is 2.80 bits per heavy atom. The van der Waals surface area contributed by atoms with E-state index in [-0.39, 0.29) is 0 Å². The Bertz CT molecular complexity index is 881. The van der Waals surface area contributed by atoms with Crippen molar-refractivity contribution in [1.82, 2.24) is 4.98 Å². The quantitative estimate of drug-likeness (QED) is 0.338. The normalized spacial score (nSPS) is 11.0. The number of anilines is 1. The molecule has 1 N–H and O–H groups in total. The van der Waals surface area contributed by atoms with Crippen molar-refractivity contribution in [3.8, 4) is 17.0 Å². The Kier molecular flexibility index (Phi) is 6.23. The summed E-state index contributed by atoms with van der Waals surface area (Å²) in [5, 5.41) is 7.04. The zero-order valence-corrected chi connectivity index (χ0v) is 17.4. The molecule has 128 valence electrons. The number of nitrogens with zero attached hydrogens (tertiary/aromatic N) is 2. The van der Waals surface area contributed by atoms with Crippen molar-refractivity contribution >= 4 is 54.5 Å². The zero-order valence-electron chi connectivity index (χ0n) is 13.4. The summed E-state index contributed by atoms with van der Waals surface area (Å²) < 4.78 is 7.52. The monoisotopic (exact) mass is 479 g/mol. The number of halogens is 2. The molecule has 0 saturated carbocycles. The van der Waals surface area contributed by atoms with Crippen molar-refractivity contribution in [2.75, 3.05) is 12.0 Å². The Morgan fingerprint density at radius 2 is 2.04 bits per heavy atom. The third kappa shape index (κ3) is 4.68.